The van der Waals surface area contributed by atoms with Gasteiger partial charge in [-0.3, -0.25) is 4.79 Å². The van der Waals surface area contributed by atoms with Crippen LogP contribution in [0.3, 0.4) is 0 Å². The highest BCUT2D eigenvalue weighted by Gasteiger charge is 2.17. The molecule has 0 aliphatic rings. The molecule has 2 heteroatoms. The summed E-state index contributed by atoms with van der Waals surface area (Å²) in [6.07, 6.45) is 3.51. The van der Waals surface area contributed by atoms with Crippen molar-refractivity contribution in [3.05, 3.63) is 42.0 Å². The van der Waals surface area contributed by atoms with E-state index in [1.165, 1.54) is 0 Å². The van der Waals surface area contributed by atoms with E-state index < -0.39 is 0 Å². The van der Waals surface area contributed by atoms with Crippen LogP contribution in [0.15, 0.2) is 36.4 Å². The molecule has 0 atom stereocenters. The summed E-state index contributed by atoms with van der Waals surface area (Å²) < 4.78 is 0. The molecular formula is C15H21NO. The van der Waals surface area contributed by atoms with E-state index in [4.69, 9.17) is 0 Å². The predicted molar refractivity (Wildman–Crippen MR) is 72.6 cm³/mol. The van der Waals surface area contributed by atoms with Crippen LogP contribution in [0.1, 0.15) is 33.3 Å². The van der Waals surface area contributed by atoms with Gasteiger partial charge in [0.1, 0.15) is 0 Å². The third-order valence-electron chi connectivity index (χ3n) is 2.59. The van der Waals surface area contributed by atoms with Crippen molar-refractivity contribution in [2.45, 2.75) is 39.8 Å². The summed E-state index contributed by atoms with van der Waals surface area (Å²) in [6.45, 7) is 8.14. The zero-order valence-electron chi connectivity index (χ0n) is 11.1. The first-order valence-electron chi connectivity index (χ1n) is 6.07. The van der Waals surface area contributed by atoms with Gasteiger partial charge in [-0.25, -0.2) is 0 Å². The molecule has 0 aliphatic heterocycles. The Morgan fingerprint density at radius 1 is 1.06 bits per heavy atom. The van der Waals surface area contributed by atoms with Crippen molar-refractivity contribution in [2.75, 3.05) is 0 Å². The molecule has 0 aliphatic carbocycles. The van der Waals surface area contributed by atoms with Gasteiger partial charge in [-0.2, -0.15) is 0 Å². The zero-order chi connectivity index (χ0) is 12.8. The Morgan fingerprint density at radius 2 is 1.59 bits per heavy atom. The predicted octanol–water partition coefficient (Wildman–Crippen LogP) is 3.35. The highest BCUT2D eigenvalue weighted by molar-refractivity contribution is 5.92. The van der Waals surface area contributed by atoms with Gasteiger partial charge in [0, 0.05) is 18.2 Å². The van der Waals surface area contributed by atoms with Crippen molar-refractivity contribution >= 4 is 12.0 Å². The van der Waals surface area contributed by atoms with Gasteiger partial charge in [0.25, 0.3) is 0 Å². The first kappa shape index (κ1) is 13.5. The van der Waals surface area contributed by atoms with Gasteiger partial charge in [-0.05, 0) is 39.3 Å². The molecule has 0 unspecified atom stereocenters. The standard InChI is InChI=1S/C15H21NO/c1-12(2)16(13(3)4)15(17)11-10-14-8-6-5-7-9-14/h5-13H,1-4H3/b11-10+. The maximum absolute atomic E-state index is 12.0. The maximum atomic E-state index is 12.0. The zero-order valence-corrected chi connectivity index (χ0v) is 11.1. The Morgan fingerprint density at radius 3 is 2.06 bits per heavy atom. The van der Waals surface area contributed by atoms with Crippen molar-refractivity contribution in [3.8, 4) is 0 Å². The molecule has 2 nitrogen and oxygen atoms in total. The third-order valence-corrected chi connectivity index (χ3v) is 2.59. The van der Waals surface area contributed by atoms with Crippen LogP contribution in [0.25, 0.3) is 6.08 Å². The number of carbonyl (C=O) groups is 1. The van der Waals surface area contributed by atoms with Crippen molar-refractivity contribution in [3.63, 3.8) is 0 Å². The van der Waals surface area contributed by atoms with Crippen LogP contribution >= 0.6 is 0 Å². The lowest BCUT2D eigenvalue weighted by atomic mass is 10.2. The molecule has 0 heterocycles. The van der Waals surface area contributed by atoms with E-state index in [0.717, 1.165) is 5.56 Å². The number of hydrogen-bond acceptors (Lipinski definition) is 1. The van der Waals surface area contributed by atoms with Gasteiger partial charge >= 0.3 is 0 Å². The Hall–Kier alpha value is -1.57. The quantitative estimate of drug-likeness (QED) is 0.728. The minimum atomic E-state index is 0.0684. The summed E-state index contributed by atoms with van der Waals surface area (Å²) in [4.78, 5) is 13.9. The summed E-state index contributed by atoms with van der Waals surface area (Å²) in [7, 11) is 0. The van der Waals surface area contributed by atoms with Gasteiger partial charge in [-0.1, -0.05) is 30.3 Å². The van der Waals surface area contributed by atoms with E-state index in [0.29, 0.717) is 0 Å². The number of amides is 1. The minimum Gasteiger partial charge on any atom is -0.334 e. The molecular weight excluding hydrogens is 210 g/mol. The van der Waals surface area contributed by atoms with Crippen molar-refractivity contribution in [1.82, 2.24) is 4.90 Å². The van der Waals surface area contributed by atoms with Gasteiger partial charge < -0.3 is 4.90 Å². The molecule has 1 aromatic carbocycles. The Labute approximate surface area is 104 Å². The number of benzene rings is 1. The molecule has 0 saturated carbocycles. The summed E-state index contributed by atoms with van der Waals surface area (Å²) in [5.41, 5.74) is 1.05. The normalized spacial score (nSPS) is 11.4. The molecule has 0 fully saturated rings. The van der Waals surface area contributed by atoms with Crippen LogP contribution in [0.2, 0.25) is 0 Å². The van der Waals surface area contributed by atoms with E-state index in [1.807, 2.05) is 69.0 Å². The van der Waals surface area contributed by atoms with Crippen molar-refractivity contribution < 1.29 is 4.79 Å². The molecule has 0 aromatic heterocycles. The molecule has 0 spiro atoms. The lowest BCUT2D eigenvalue weighted by Gasteiger charge is -2.29. The molecule has 1 aromatic rings. The maximum Gasteiger partial charge on any atom is 0.247 e. The molecule has 1 rings (SSSR count). The second-order valence-electron chi connectivity index (χ2n) is 4.68. The number of hydrogen-bond donors (Lipinski definition) is 0. The second kappa shape index (κ2) is 6.24. The van der Waals surface area contributed by atoms with Gasteiger partial charge in [0.15, 0.2) is 0 Å². The van der Waals surface area contributed by atoms with E-state index in [2.05, 4.69) is 0 Å². The van der Waals surface area contributed by atoms with Gasteiger partial charge in [0.2, 0.25) is 5.91 Å². The highest BCUT2D eigenvalue weighted by Crippen LogP contribution is 2.08. The molecule has 0 saturated heterocycles. The van der Waals surface area contributed by atoms with Gasteiger partial charge in [0.05, 0.1) is 0 Å². The largest absolute Gasteiger partial charge is 0.334 e. The first-order valence-corrected chi connectivity index (χ1v) is 6.07. The summed E-state index contributed by atoms with van der Waals surface area (Å²) in [5.74, 6) is 0.0684. The lowest BCUT2D eigenvalue weighted by Crippen LogP contribution is -2.41. The van der Waals surface area contributed by atoms with E-state index in [-0.39, 0.29) is 18.0 Å². The summed E-state index contributed by atoms with van der Waals surface area (Å²) in [6, 6.07) is 10.3. The van der Waals surface area contributed by atoms with E-state index >= 15 is 0 Å². The fraction of sp³-hybridized carbons (Fsp3) is 0.400. The van der Waals surface area contributed by atoms with Crippen LogP contribution in [-0.2, 0) is 4.79 Å². The van der Waals surface area contributed by atoms with Crippen LogP contribution in [0, 0.1) is 0 Å². The number of rotatable bonds is 4. The van der Waals surface area contributed by atoms with Crippen LogP contribution in [-0.4, -0.2) is 22.9 Å². The fourth-order valence-electron chi connectivity index (χ4n) is 1.92. The first-order chi connectivity index (χ1) is 8.02. The smallest absolute Gasteiger partial charge is 0.247 e. The monoisotopic (exact) mass is 231 g/mol. The summed E-state index contributed by atoms with van der Waals surface area (Å²) in [5, 5.41) is 0. The Balaban J connectivity index is 2.74. The van der Waals surface area contributed by atoms with Gasteiger partial charge in [-0.15, -0.1) is 0 Å². The molecule has 1 amide bonds. The van der Waals surface area contributed by atoms with Crippen LogP contribution in [0.5, 0.6) is 0 Å². The average Bonchev–Trinajstić information content (AvgIpc) is 2.27. The second-order valence-corrected chi connectivity index (χ2v) is 4.68. The SMILES string of the molecule is CC(C)N(C(=O)/C=C/c1ccccc1)C(C)C. The summed E-state index contributed by atoms with van der Waals surface area (Å²) >= 11 is 0. The number of nitrogens with zero attached hydrogens (tertiary/aromatic N) is 1. The van der Waals surface area contributed by atoms with E-state index in [9.17, 15) is 4.79 Å². The van der Waals surface area contributed by atoms with Crippen LogP contribution in [0.4, 0.5) is 0 Å². The van der Waals surface area contributed by atoms with Crippen molar-refractivity contribution in [2.24, 2.45) is 0 Å². The average molecular weight is 231 g/mol. The Bertz CT molecular complexity index is 371. The van der Waals surface area contributed by atoms with E-state index in [1.54, 1.807) is 6.08 Å². The lowest BCUT2D eigenvalue weighted by molar-refractivity contribution is -0.129. The highest BCUT2D eigenvalue weighted by atomic mass is 16.2. The van der Waals surface area contributed by atoms with Crippen molar-refractivity contribution in [1.29, 1.82) is 0 Å². The molecule has 0 bridgehead atoms. The molecule has 17 heavy (non-hydrogen) atoms. The molecule has 0 N–H and O–H groups in total. The molecule has 92 valence electrons. The number of carbonyl (C=O) groups excluding carboxylic acids is 1. The third kappa shape index (κ3) is 4.06. The fourth-order valence-corrected chi connectivity index (χ4v) is 1.92. The Kier molecular flexibility index (Phi) is 4.95. The molecule has 0 radical (unpaired) electrons. The van der Waals surface area contributed by atoms with Crippen LogP contribution < -0.4 is 0 Å². The minimum absolute atomic E-state index is 0.0684. The topological polar surface area (TPSA) is 20.3 Å².